The molecule has 1 fully saturated rings. The lowest BCUT2D eigenvalue weighted by Gasteiger charge is -2.30. The zero-order valence-corrected chi connectivity index (χ0v) is 9.85. The second-order valence-corrected chi connectivity index (χ2v) is 4.13. The largest absolute Gasteiger partial charge is 0.360 e. The molecular weight excluding hydrogens is 240 g/mol. The van der Waals surface area contributed by atoms with Crippen LogP contribution < -0.4 is 0 Å². The lowest BCUT2D eigenvalue weighted by Crippen LogP contribution is -2.45. The Hall–Kier alpha value is -1.57. The Balaban J connectivity index is 2.16. The molecule has 0 spiro atoms. The summed E-state index contributed by atoms with van der Waals surface area (Å²) in [5.41, 5.74) is 0.466. The molecule has 1 heterocycles. The van der Waals surface area contributed by atoms with E-state index in [2.05, 4.69) is 0 Å². The van der Waals surface area contributed by atoms with E-state index < -0.39 is 6.10 Å². The van der Waals surface area contributed by atoms with E-state index in [1.165, 1.54) is 0 Å². The molecule has 0 saturated carbocycles. The van der Waals surface area contributed by atoms with Crippen LogP contribution in [-0.2, 0) is 4.74 Å². The monoisotopic (exact) mass is 250 g/mol. The van der Waals surface area contributed by atoms with Gasteiger partial charge in [0.25, 0.3) is 5.91 Å². The van der Waals surface area contributed by atoms with Crippen LogP contribution in [0.1, 0.15) is 10.4 Å². The highest BCUT2D eigenvalue weighted by atomic mass is 35.5. The van der Waals surface area contributed by atoms with Gasteiger partial charge in [-0.05, 0) is 12.1 Å². The zero-order chi connectivity index (χ0) is 12.3. The number of rotatable bonds is 1. The van der Waals surface area contributed by atoms with Crippen molar-refractivity contribution >= 4 is 17.5 Å². The topological polar surface area (TPSA) is 53.3 Å². The molecule has 4 nitrogen and oxygen atoms in total. The molecule has 1 atom stereocenters. The molecule has 1 aromatic rings. The number of benzene rings is 1. The molecule has 1 unspecified atom stereocenters. The Morgan fingerprint density at radius 2 is 2.29 bits per heavy atom. The van der Waals surface area contributed by atoms with Crippen molar-refractivity contribution in [3.05, 3.63) is 34.9 Å². The lowest BCUT2D eigenvalue weighted by molar-refractivity contribution is 0.00347. The summed E-state index contributed by atoms with van der Waals surface area (Å²) in [6, 6.07) is 8.90. The first kappa shape index (κ1) is 11.9. The Bertz CT molecular complexity index is 470. The Kier molecular flexibility index (Phi) is 3.62. The standard InChI is InChI=1S/C12H11ClN2O2/c13-11-4-2-1-3-10(11)12(16)15-5-6-17-9(7-14)8-15/h1-4,9H,5-6,8H2. The second kappa shape index (κ2) is 5.17. The predicted octanol–water partition coefficient (Wildman–Crippen LogP) is 1.70. The highest BCUT2D eigenvalue weighted by molar-refractivity contribution is 6.33. The van der Waals surface area contributed by atoms with Crippen molar-refractivity contribution in [3.8, 4) is 6.07 Å². The molecule has 0 aliphatic carbocycles. The molecule has 5 heteroatoms. The highest BCUT2D eigenvalue weighted by Crippen LogP contribution is 2.18. The first-order chi connectivity index (χ1) is 8.22. The first-order valence-corrected chi connectivity index (χ1v) is 5.65. The third-order valence-electron chi connectivity index (χ3n) is 2.60. The number of hydrogen-bond acceptors (Lipinski definition) is 3. The maximum atomic E-state index is 12.2. The third-order valence-corrected chi connectivity index (χ3v) is 2.93. The van der Waals surface area contributed by atoms with E-state index in [4.69, 9.17) is 21.6 Å². The van der Waals surface area contributed by atoms with E-state index in [-0.39, 0.29) is 5.91 Å². The van der Waals surface area contributed by atoms with Gasteiger partial charge in [0.15, 0.2) is 6.10 Å². The summed E-state index contributed by atoms with van der Waals surface area (Å²) in [6.45, 7) is 1.16. The van der Waals surface area contributed by atoms with Gasteiger partial charge in [-0.2, -0.15) is 5.26 Å². The quantitative estimate of drug-likeness (QED) is 0.762. The Labute approximate surface area is 104 Å². The molecule has 1 saturated heterocycles. The molecule has 0 N–H and O–H groups in total. The average Bonchev–Trinajstić information content (AvgIpc) is 2.38. The fourth-order valence-electron chi connectivity index (χ4n) is 1.72. The summed E-state index contributed by atoms with van der Waals surface area (Å²) >= 11 is 5.96. The number of hydrogen-bond donors (Lipinski definition) is 0. The van der Waals surface area contributed by atoms with Crippen LogP contribution in [0.15, 0.2) is 24.3 Å². The number of carbonyl (C=O) groups is 1. The number of morpholine rings is 1. The van der Waals surface area contributed by atoms with Gasteiger partial charge in [0.1, 0.15) is 0 Å². The number of amides is 1. The van der Waals surface area contributed by atoms with Gasteiger partial charge in [-0.1, -0.05) is 23.7 Å². The molecule has 0 aromatic heterocycles. The fourth-order valence-corrected chi connectivity index (χ4v) is 1.93. The number of ether oxygens (including phenoxy) is 1. The van der Waals surface area contributed by atoms with Crippen molar-refractivity contribution in [2.75, 3.05) is 19.7 Å². The maximum Gasteiger partial charge on any atom is 0.255 e. The Morgan fingerprint density at radius 3 is 3.00 bits per heavy atom. The number of halogens is 1. The lowest BCUT2D eigenvalue weighted by atomic mass is 10.1. The third kappa shape index (κ3) is 2.57. The number of nitriles is 1. The van der Waals surface area contributed by atoms with E-state index in [1.807, 2.05) is 6.07 Å². The van der Waals surface area contributed by atoms with Crippen molar-refractivity contribution in [2.24, 2.45) is 0 Å². The second-order valence-electron chi connectivity index (χ2n) is 3.72. The SMILES string of the molecule is N#CC1CN(C(=O)c2ccccc2Cl)CCO1. The molecule has 2 rings (SSSR count). The van der Waals surface area contributed by atoms with Crippen LogP contribution in [0.4, 0.5) is 0 Å². The fraction of sp³-hybridized carbons (Fsp3) is 0.333. The van der Waals surface area contributed by atoms with Gasteiger partial charge >= 0.3 is 0 Å². The molecular formula is C12H11ClN2O2. The van der Waals surface area contributed by atoms with Crippen molar-refractivity contribution in [3.63, 3.8) is 0 Å². The number of carbonyl (C=O) groups excluding carboxylic acids is 1. The summed E-state index contributed by atoms with van der Waals surface area (Å²) < 4.78 is 5.19. The minimum atomic E-state index is -0.546. The van der Waals surface area contributed by atoms with E-state index in [0.717, 1.165) is 0 Å². The first-order valence-electron chi connectivity index (χ1n) is 5.27. The van der Waals surface area contributed by atoms with Crippen molar-refractivity contribution in [1.82, 2.24) is 4.90 Å². The number of nitrogens with zero attached hydrogens (tertiary/aromatic N) is 2. The minimum Gasteiger partial charge on any atom is -0.360 e. The average molecular weight is 251 g/mol. The molecule has 1 aliphatic heterocycles. The van der Waals surface area contributed by atoms with Crippen LogP contribution in [0.3, 0.4) is 0 Å². The molecule has 1 amide bonds. The minimum absolute atomic E-state index is 0.154. The summed E-state index contributed by atoms with van der Waals surface area (Å²) in [5, 5.41) is 9.20. The Morgan fingerprint density at radius 1 is 1.53 bits per heavy atom. The van der Waals surface area contributed by atoms with Gasteiger partial charge in [0.2, 0.25) is 0 Å². The van der Waals surface area contributed by atoms with Crippen LogP contribution in [0, 0.1) is 11.3 Å². The van der Waals surface area contributed by atoms with Gasteiger partial charge in [0, 0.05) is 6.54 Å². The van der Waals surface area contributed by atoms with E-state index >= 15 is 0 Å². The summed E-state index contributed by atoms with van der Waals surface area (Å²) in [7, 11) is 0. The van der Waals surface area contributed by atoms with Crippen molar-refractivity contribution < 1.29 is 9.53 Å². The predicted molar refractivity (Wildman–Crippen MR) is 62.7 cm³/mol. The van der Waals surface area contributed by atoms with Gasteiger partial charge in [-0.3, -0.25) is 4.79 Å². The van der Waals surface area contributed by atoms with Gasteiger partial charge in [-0.25, -0.2) is 0 Å². The van der Waals surface area contributed by atoms with Crippen molar-refractivity contribution in [2.45, 2.75) is 6.10 Å². The molecule has 88 valence electrons. The van der Waals surface area contributed by atoms with Crippen LogP contribution >= 0.6 is 11.6 Å². The zero-order valence-electron chi connectivity index (χ0n) is 9.10. The molecule has 0 radical (unpaired) electrons. The molecule has 1 aromatic carbocycles. The summed E-state index contributed by atoms with van der Waals surface area (Å²) in [6.07, 6.45) is -0.546. The molecule has 17 heavy (non-hydrogen) atoms. The summed E-state index contributed by atoms with van der Waals surface area (Å²) in [5.74, 6) is -0.154. The van der Waals surface area contributed by atoms with Crippen LogP contribution in [0.5, 0.6) is 0 Å². The highest BCUT2D eigenvalue weighted by Gasteiger charge is 2.25. The van der Waals surface area contributed by atoms with E-state index in [1.54, 1.807) is 29.2 Å². The van der Waals surface area contributed by atoms with Gasteiger partial charge in [-0.15, -0.1) is 0 Å². The van der Waals surface area contributed by atoms with E-state index in [9.17, 15) is 4.79 Å². The van der Waals surface area contributed by atoms with Gasteiger partial charge < -0.3 is 9.64 Å². The normalized spacial score (nSPS) is 19.8. The van der Waals surface area contributed by atoms with Crippen LogP contribution in [-0.4, -0.2) is 36.6 Å². The summed E-state index contributed by atoms with van der Waals surface area (Å²) in [4.78, 5) is 13.8. The van der Waals surface area contributed by atoms with Crippen LogP contribution in [0.2, 0.25) is 5.02 Å². The van der Waals surface area contributed by atoms with E-state index in [0.29, 0.717) is 30.3 Å². The van der Waals surface area contributed by atoms with Crippen LogP contribution in [0.25, 0.3) is 0 Å². The molecule has 1 aliphatic rings. The van der Waals surface area contributed by atoms with Gasteiger partial charge in [0.05, 0.1) is 29.8 Å². The molecule has 0 bridgehead atoms. The maximum absolute atomic E-state index is 12.2. The van der Waals surface area contributed by atoms with Crippen molar-refractivity contribution in [1.29, 1.82) is 5.26 Å². The smallest absolute Gasteiger partial charge is 0.255 e.